The Hall–Kier alpha value is -1.85. The molecular weight excluding hydrogens is 316 g/mol. The van der Waals surface area contributed by atoms with Crippen molar-refractivity contribution in [1.82, 2.24) is 4.90 Å². The summed E-state index contributed by atoms with van der Waals surface area (Å²) >= 11 is 0. The summed E-state index contributed by atoms with van der Waals surface area (Å²) in [5.41, 5.74) is 2.89. The highest BCUT2D eigenvalue weighted by atomic mass is 16.6. The fourth-order valence-corrected chi connectivity index (χ4v) is 6.75. The van der Waals surface area contributed by atoms with Crippen molar-refractivity contribution in [3.05, 3.63) is 41.5 Å². The Bertz CT molecular complexity index is 836. The summed E-state index contributed by atoms with van der Waals surface area (Å²) in [5, 5.41) is 3.73. The largest absolute Gasteiger partial charge is 0.469 e. The molecule has 5 heteroatoms. The molecule has 5 aliphatic rings. The van der Waals surface area contributed by atoms with Crippen LogP contribution in [0, 0.1) is 11.8 Å². The van der Waals surface area contributed by atoms with Crippen LogP contribution in [0.15, 0.2) is 35.9 Å². The van der Waals surface area contributed by atoms with E-state index >= 15 is 0 Å². The van der Waals surface area contributed by atoms with E-state index in [0.717, 1.165) is 25.1 Å². The molecule has 1 aliphatic carbocycles. The van der Waals surface area contributed by atoms with E-state index in [1.54, 1.807) is 0 Å². The van der Waals surface area contributed by atoms with Gasteiger partial charge in [0.15, 0.2) is 5.72 Å². The number of benzene rings is 1. The van der Waals surface area contributed by atoms with Gasteiger partial charge in [-0.15, -0.1) is 0 Å². The Balaban J connectivity index is 1.67. The first-order chi connectivity index (χ1) is 12.2. The molecule has 4 fully saturated rings. The van der Waals surface area contributed by atoms with Gasteiger partial charge in [0.05, 0.1) is 24.5 Å². The maximum Gasteiger partial charge on any atom is 0.310 e. The van der Waals surface area contributed by atoms with Gasteiger partial charge >= 0.3 is 5.97 Å². The number of esters is 1. The predicted octanol–water partition coefficient (Wildman–Crippen LogP) is 2.25. The number of para-hydroxylation sites is 1. The first-order valence-electron chi connectivity index (χ1n) is 9.20. The van der Waals surface area contributed by atoms with E-state index in [4.69, 9.17) is 9.47 Å². The second kappa shape index (κ2) is 4.27. The van der Waals surface area contributed by atoms with E-state index in [2.05, 4.69) is 47.5 Å². The number of allylic oxidation sites excluding steroid dienone is 1. The number of piperidine rings is 2. The van der Waals surface area contributed by atoms with Gasteiger partial charge in [-0.3, -0.25) is 9.69 Å². The van der Waals surface area contributed by atoms with E-state index < -0.39 is 5.72 Å². The number of carbonyl (C=O) groups excluding carboxylic acids is 1. The fourth-order valence-electron chi connectivity index (χ4n) is 6.75. The maximum atomic E-state index is 13.1. The summed E-state index contributed by atoms with van der Waals surface area (Å²) in [6, 6.07) is 8.74. The van der Waals surface area contributed by atoms with Gasteiger partial charge in [0.2, 0.25) is 0 Å². The first kappa shape index (κ1) is 14.3. The molecule has 1 spiro atoms. The highest BCUT2D eigenvalue weighted by molar-refractivity contribution is 5.81. The normalized spacial score (nSPS) is 46.9. The molecular formula is C20H22N2O3. The van der Waals surface area contributed by atoms with Crippen molar-refractivity contribution in [1.29, 1.82) is 0 Å². The number of hydrogen-bond donors (Lipinski definition) is 1. The molecule has 1 N–H and O–H groups in total. The topological polar surface area (TPSA) is 50.8 Å². The van der Waals surface area contributed by atoms with Crippen LogP contribution in [-0.2, 0) is 19.7 Å². The summed E-state index contributed by atoms with van der Waals surface area (Å²) in [5.74, 6) is -0.0451. The number of anilines is 1. The summed E-state index contributed by atoms with van der Waals surface area (Å²) < 4.78 is 12.0. The molecule has 5 nitrogen and oxygen atoms in total. The van der Waals surface area contributed by atoms with Crippen LogP contribution in [0.5, 0.6) is 0 Å². The number of carbonyl (C=O) groups is 1. The third-order valence-electron chi connectivity index (χ3n) is 7.53. The minimum absolute atomic E-state index is 0.0780. The molecule has 1 aromatic rings. The molecule has 3 saturated heterocycles. The number of nitrogens with zero attached hydrogens (tertiary/aromatic N) is 1. The van der Waals surface area contributed by atoms with Crippen molar-refractivity contribution < 1.29 is 14.3 Å². The lowest BCUT2D eigenvalue weighted by atomic mass is 9.49. The predicted molar refractivity (Wildman–Crippen MR) is 91.8 cm³/mol. The van der Waals surface area contributed by atoms with Crippen molar-refractivity contribution in [2.75, 3.05) is 19.0 Å². The maximum absolute atomic E-state index is 13.1. The molecule has 25 heavy (non-hydrogen) atoms. The molecule has 1 aromatic carbocycles. The zero-order chi connectivity index (χ0) is 17.0. The van der Waals surface area contributed by atoms with Crippen LogP contribution in [0.1, 0.15) is 25.3 Å². The Labute approximate surface area is 147 Å². The van der Waals surface area contributed by atoms with Gasteiger partial charge in [0.25, 0.3) is 0 Å². The average Bonchev–Trinajstić information content (AvgIpc) is 3.22. The van der Waals surface area contributed by atoms with Gasteiger partial charge in [0, 0.05) is 18.7 Å². The Kier molecular flexibility index (Phi) is 2.45. The summed E-state index contributed by atoms with van der Waals surface area (Å²) in [4.78, 5) is 15.6. The van der Waals surface area contributed by atoms with E-state index in [1.807, 2.05) is 0 Å². The van der Waals surface area contributed by atoms with E-state index in [9.17, 15) is 4.79 Å². The molecule has 6 atom stereocenters. The molecule has 4 heterocycles. The van der Waals surface area contributed by atoms with Crippen molar-refractivity contribution in [3.63, 3.8) is 0 Å². The average molecular weight is 338 g/mol. The molecule has 0 amide bonds. The number of ether oxygens (including phenoxy) is 2. The zero-order valence-electron chi connectivity index (χ0n) is 14.5. The molecule has 4 aliphatic heterocycles. The summed E-state index contributed by atoms with van der Waals surface area (Å²) in [7, 11) is 1.52. The van der Waals surface area contributed by atoms with Crippen molar-refractivity contribution >= 4 is 11.7 Å². The van der Waals surface area contributed by atoms with Gasteiger partial charge < -0.3 is 14.8 Å². The molecule has 0 radical (unpaired) electrons. The van der Waals surface area contributed by atoms with Gasteiger partial charge in [-0.25, -0.2) is 0 Å². The highest BCUT2D eigenvalue weighted by Crippen LogP contribution is 2.72. The standard InChI is InChI=1S/C20H22N2O3/c1-3-11-10-22-15-8-12(11)17(18(23)24-2)19-9-16(22)25-20(15,19)21-14-7-5-4-6-13(14)19/h3-7,12,15-17,21H,8-10H2,1-2H3/b11-3-/t12-,15-,16-,17-,19-,20-/m1/s1. The van der Waals surface area contributed by atoms with E-state index in [-0.39, 0.29) is 29.4 Å². The van der Waals surface area contributed by atoms with Gasteiger partial charge in [-0.2, -0.15) is 0 Å². The number of methoxy groups -OCH3 is 1. The Morgan fingerprint density at radius 2 is 2.28 bits per heavy atom. The molecule has 4 bridgehead atoms. The minimum Gasteiger partial charge on any atom is -0.469 e. The van der Waals surface area contributed by atoms with Crippen LogP contribution in [0.2, 0.25) is 0 Å². The zero-order valence-corrected chi connectivity index (χ0v) is 14.5. The molecule has 0 aromatic heterocycles. The minimum atomic E-state index is -0.490. The highest BCUT2D eigenvalue weighted by Gasteiger charge is 2.82. The van der Waals surface area contributed by atoms with Gasteiger partial charge in [-0.1, -0.05) is 29.8 Å². The second-order valence-corrected chi connectivity index (χ2v) is 8.05. The van der Waals surface area contributed by atoms with Crippen LogP contribution in [-0.4, -0.2) is 42.5 Å². The number of hydrogen-bond acceptors (Lipinski definition) is 5. The lowest BCUT2D eigenvalue weighted by Gasteiger charge is -2.60. The third kappa shape index (κ3) is 1.30. The van der Waals surface area contributed by atoms with Crippen LogP contribution in [0.3, 0.4) is 0 Å². The number of rotatable bonds is 1. The van der Waals surface area contributed by atoms with E-state index in [1.165, 1.54) is 18.2 Å². The Morgan fingerprint density at radius 3 is 3.08 bits per heavy atom. The molecule has 130 valence electrons. The van der Waals surface area contributed by atoms with Crippen LogP contribution in [0.25, 0.3) is 0 Å². The van der Waals surface area contributed by atoms with E-state index in [0.29, 0.717) is 6.04 Å². The van der Waals surface area contributed by atoms with Gasteiger partial charge in [0.1, 0.15) is 6.23 Å². The monoisotopic (exact) mass is 338 g/mol. The van der Waals surface area contributed by atoms with Crippen molar-refractivity contribution in [3.8, 4) is 0 Å². The van der Waals surface area contributed by atoms with Crippen LogP contribution < -0.4 is 5.32 Å². The quantitative estimate of drug-likeness (QED) is 0.629. The molecule has 1 saturated carbocycles. The molecule has 0 unspecified atom stereocenters. The van der Waals surface area contributed by atoms with Gasteiger partial charge in [-0.05, 0) is 30.9 Å². The smallest absolute Gasteiger partial charge is 0.310 e. The SMILES string of the molecule is C/C=C1/CN2[C@H]3C[C@]45c6ccccc6N[C@@]4(O3)[C@H]2C[C@H]1[C@@H]5C(=O)OC. The third-order valence-corrected chi connectivity index (χ3v) is 7.53. The number of fused-ring (bicyclic) bond motifs is 4. The van der Waals surface area contributed by atoms with Crippen molar-refractivity contribution in [2.24, 2.45) is 11.8 Å². The summed E-state index contributed by atoms with van der Waals surface area (Å²) in [6.07, 6.45) is 4.10. The van der Waals surface area contributed by atoms with Crippen molar-refractivity contribution in [2.45, 2.75) is 43.2 Å². The van der Waals surface area contributed by atoms with Crippen LogP contribution >= 0.6 is 0 Å². The fraction of sp³-hybridized carbons (Fsp3) is 0.550. The Morgan fingerprint density at radius 1 is 1.44 bits per heavy atom. The second-order valence-electron chi connectivity index (χ2n) is 8.05. The lowest BCUT2D eigenvalue weighted by molar-refractivity contribution is -0.161. The molecule has 6 rings (SSSR count). The summed E-state index contributed by atoms with van der Waals surface area (Å²) in [6.45, 7) is 2.99. The lowest BCUT2D eigenvalue weighted by Crippen LogP contribution is -2.73. The number of nitrogens with one attached hydrogen (secondary N) is 1. The van der Waals surface area contributed by atoms with Crippen LogP contribution in [0.4, 0.5) is 5.69 Å². The first-order valence-corrected chi connectivity index (χ1v) is 9.20.